The lowest BCUT2D eigenvalue weighted by molar-refractivity contribution is -0.134. The zero-order chi connectivity index (χ0) is 17.2. The van der Waals surface area contributed by atoms with Gasteiger partial charge in [0, 0.05) is 19.5 Å². The molecule has 6 heteroatoms. The maximum Gasteiger partial charge on any atom is 0.222 e. The number of nitrogens with zero attached hydrogens (tertiary/aromatic N) is 1. The van der Waals surface area contributed by atoms with Crippen LogP contribution in [0.5, 0.6) is 0 Å². The zero-order valence-corrected chi connectivity index (χ0v) is 14.7. The number of likely N-dealkylation sites (tertiary alicyclic amines) is 1. The zero-order valence-electron chi connectivity index (χ0n) is 13.9. The minimum Gasteiger partial charge on any atom is -0.340 e. The highest BCUT2D eigenvalue weighted by Crippen LogP contribution is 2.20. The number of hydrogen-bond acceptors (Lipinski definition) is 3. The summed E-state index contributed by atoms with van der Waals surface area (Å²) in [6, 6.07) is 4.84. The van der Waals surface area contributed by atoms with Crippen LogP contribution in [0.25, 0.3) is 0 Å². The van der Waals surface area contributed by atoms with Crippen LogP contribution in [-0.2, 0) is 21.1 Å². The SMILES string of the molecule is Cc1cc(CCC(=O)N2CC(S(=O)(=O)CC(C)C)C2)ccc1F. The summed E-state index contributed by atoms with van der Waals surface area (Å²) in [5.74, 6) is -0.00960. The van der Waals surface area contributed by atoms with E-state index in [2.05, 4.69) is 0 Å². The molecule has 128 valence electrons. The number of hydrogen-bond donors (Lipinski definition) is 0. The number of rotatable bonds is 6. The number of halogens is 1. The highest BCUT2D eigenvalue weighted by molar-refractivity contribution is 7.92. The van der Waals surface area contributed by atoms with Crippen LogP contribution in [0.15, 0.2) is 18.2 Å². The van der Waals surface area contributed by atoms with E-state index in [9.17, 15) is 17.6 Å². The molecule has 0 N–H and O–H groups in total. The van der Waals surface area contributed by atoms with E-state index < -0.39 is 15.1 Å². The maximum absolute atomic E-state index is 13.2. The summed E-state index contributed by atoms with van der Waals surface area (Å²) in [5, 5.41) is -0.415. The van der Waals surface area contributed by atoms with Crippen molar-refractivity contribution in [3.05, 3.63) is 35.1 Å². The van der Waals surface area contributed by atoms with Crippen LogP contribution < -0.4 is 0 Å². The van der Waals surface area contributed by atoms with Gasteiger partial charge in [0.05, 0.1) is 11.0 Å². The number of amides is 1. The third-order valence-corrected chi connectivity index (χ3v) is 6.57. The number of aryl methyl sites for hydroxylation is 2. The van der Waals surface area contributed by atoms with Gasteiger partial charge in [-0.3, -0.25) is 4.79 Å². The first-order chi connectivity index (χ1) is 10.7. The molecule has 0 spiro atoms. The van der Waals surface area contributed by atoms with Crippen molar-refractivity contribution in [2.24, 2.45) is 5.92 Å². The summed E-state index contributed by atoms with van der Waals surface area (Å²) in [4.78, 5) is 13.7. The van der Waals surface area contributed by atoms with Crippen molar-refractivity contribution in [2.75, 3.05) is 18.8 Å². The molecule has 0 aliphatic carbocycles. The predicted octanol–water partition coefficient (Wildman–Crippen LogP) is 2.35. The first kappa shape index (κ1) is 17.9. The molecule has 4 nitrogen and oxygen atoms in total. The quantitative estimate of drug-likeness (QED) is 0.798. The van der Waals surface area contributed by atoms with E-state index in [-0.39, 0.29) is 23.4 Å². The third kappa shape index (κ3) is 4.53. The molecule has 1 aromatic carbocycles. The van der Waals surface area contributed by atoms with Gasteiger partial charge < -0.3 is 4.90 Å². The molecule has 1 saturated heterocycles. The van der Waals surface area contributed by atoms with Crippen LogP contribution in [-0.4, -0.2) is 43.3 Å². The number of sulfone groups is 1. The topological polar surface area (TPSA) is 54.5 Å². The van der Waals surface area contributed by atoms with E-state index in [1.165, 1.54) is 6.07 Å². The first-order valence-corrected chi connectivity index (χ1v) is 9.65. The van der Waals surface area contributed by atoms with Crippen molar-refractivity contribution < 1.29 is 17.6 Å². The maximum atomic E-state index is 13.2. The van der Waals surface area contributed by atoms with Gasteiger partial charge in [-0.25, -0.2) is 12.8 Å². The van der Waals surface area contributed by atoms with E-state index in [0.29, 0.717) is 31.5 Å². The van der Waals surface area contributed by atoms with Gasteiger partial charge in [-0.05, 0) is 36.5 Å². The summed E-state index contributed by atoms with van der Waals surface area (Å²) < 4.78 is 37.3. The van der Waals surface area contributed by atoms with Crippen molar-refractivity contribution >= 4 is 15.7 Å². The molecule has 0 atom stereocenters. The molecule has 0 aromatic heterocycles. The van der Waals surface area contributed by atoms with Gasteiger partial charge in [0.15, 0.2) is 9.84 Å². The van der Waals surface area contributed by atoms with E-state index in [1.807, 2.05) is 13.8 Å². The van der Waals surface area contributed by atoms with Crippen molar-refractivity contribution in [1.29, 1.82) is 0 Å². The molecule has 1 fully saturated rings. The Kier molecular flexibility index (Phi) is 5.45. The van der Waals surface area contributed by atoms with Gasteiger partial charge in [-0.1, -0.05) is 26.0 Å². The molecule has 1 amide bonds. The fraction of sp³-hybridized carbons (Fsp3) is 0.588. The van der Waals surface area contributed by atoms with E-state index in [4.69, 9.17) is 0 Å². The fourth-order valence-corrected chi connectivity index (χ4v) is 4.76. The highest BCUT2D eigenvalue weighted by atomic mass is 32.2. The third-order valence-electron chi connectivity index (χ3n) is 4.12. The molecule has 1 heterocycles. The standard InChI is InChI=1S/C17H24FNO3S/c1-12(2)11-23(21,22)15-9-19(10-15)17(20)7-5-14-4-6-16(18)13(3)8-14/h4,6,8,12,15H,5,7,9-11H2,1-3H3. The van der Waals surface area contributed by atoms with Crippen LogP contribution in [0.2, 0.25) is 0 Å². The van der Waals surface area contributed by atoms with Gasteiger partial charge in [-0.15, -0.1) is 0 Å². The van der Waals surface area contributed by atoms with Gasteiger partial charge in [0.2, 0.25) is 5.91 Å². The average molecular weight is 341 g/mol. The molecule has 1 aliphatic rings. The summed E-state index contributed by atoms with van der Waals surface area (Å²) in [5.41, 5.74) is 1.49. The van der Waals surface area contributed by atoms with Gasteiger partial charge in [0.1, 0.15) is 5.82 Å². The first-order valence-electron chi connectivity index (χ1n) is 7.93. The second kappa shape index (κ2) is 6.99. The van der Waals surface area contributed by atoms with Gasteiger partial charge in [0.25, 0.3) is 0 Å². The predicted molar refractivity (Wildman–Crippen MR) is 88.5 cm³/mol. The lowest BCUT2D eigenvalue weighted by Gasteiger charge is -2.39. The van der Waals surface area contributed by atoms with Crippen LogP contribution in [0, 0.1) is 18.7 Å². The van der Waals surface area contributed by atoms with Crippen molar-refractivity contribution in [2.45, 2.75) is 38.9 Å². The second-order valence-electron chi connectivity index (χ2n) is 6.73. The lowest BCUT2D eigenvalue weighted by atomic mass is 10.1. The Balaban J connectivity index is 1.81. The van der Waals surface area contributed by atoms with Crippen LogP contribution in [0.3, 0.4) is 0 Å². The Morgan fingerprint density at radius 1 is 1.35 bits per heavy atom. The number of benzene rings is 1. The Bertz CT molecular complexity index is 679. The summed E-state index contributed by atoms with van der Waals surface area (Å²) in [6.45, 7) is 6.06. The molecule has 1 aliphatic heterocycles. The Hall–Kier alpha value is -1.43. The number of carbonyl (C=O) groups is 1. The van der Waals surface area contributed by atoms with Crippen molar-refractivity contribution in [3.63, 3.8) is 0 Å². The fourth-order valence-electron chi connectivity index (χ4n) is 2.74. The van der Waals surface area contributed by atoms with Crippen LogP contribution in [0.1, 0.15) is 31.4 Å². The molecule has 0 unspecified atom stereocenters. The normalized spacial score (nSPS) is 15.8. The minimum atomic E-state index is -3.10. The van der Waals surface area contributed by atoms with Crippen LogP contribution >= 0.6 is 0 Å². The van der Waals surface area contributed by atoms with E-state index in [1.54, 1.807) is 24.0 Å². The second-order valence-corrected chi connectivity index (χ2v) is 9.05. The van der Waals surface area contributed by atoms with Gasteiger partial charge in [-0.2, -0.15) is 0 Å². The Morgan fingerprint density at radius 2 is 2.00 bits per heavy atom. The molecule has 2 rings (SSSR count). The Morgan fingerprint density at radius 3 is 2.57 bits per heavy atom. The largest absolute Gasteiger partial charge is 0.340 e. The molecule has 1 aromatic rings. The summed E-state index contributed by atoms with van der Waals surface area (Å²) in [6.07, 6.45) is 0.863. The average Bonchev–Trinajstić information content (AvgIpc) is 2.36. The lowest BCUT2D eigenvalue weighted by Crippen LogP contribution is -2.57. The monoisotopic (exact) mass is 341 g/mol. The molecule has 0 saturated carbocycles. The van der Waals surface area contributed by atoms with E-state index in [0.717, 1.165) is 5.56 Å². The summed E-state index contributed by atoms with van der Waals surface area (Å²) >= 11 is 0. The smallest absolute Gasteiger partial charge is 0.222 e. The van der Waals surface area contributed by atoms with Crippen LogP contribution in [0.4, 0.5) is 4.39 Å². The summed E-state index contributed by atoms with van der Waals surface area (Å²) in [7, 11) is -3.10. The van der Waals surface area contributed by atoms with E-state index >= 15 is 0 Å². The van der Waals surface area contributed by atoms with Gasteiger partial charge >= 0.3 is 0 Å². The molecule has 23 heavy (non-hydrogen) atoms. The van der Waals surface area contributed by atoms with Crippen molar-refractivity contribution in [3.8, 4) is 0 Å². The highest BCUT2D eigenvalue weighted by Gasteiger charge is 2.39. The minimum absolute atomic E-state index is 0.0389. The molecule has 0 bridgehead atoms. The number of carbonyl (C=O) groups excluding carboxylic acids is 1. The van der Waals surface area contributed by atoms with Crippen molar-refractivity contribution in [1.82, 2.24) is 4.90 Å². The molecule has 0 radical (unpaired) electrons. The molecular weight excluding hydrogens is 317 g/mol. The molecular formula is C17H24FNO3S. The Labute approximate surface area is 137 Å².